The highest BCUT2D eigenvalue weighted by atomic mass is 32.2. The second-order valence-electron chi connectivity index (χ2n) is 8.16. The molecule has 0 fully saturated rings. The summed E-state index contributed by atoms with van der Waals surface area (Å²) in [5, 5.41) is 20.9. The first-order chi connectivity index (χ1) is 16.3. The van der Waals surface area contributed by atoms with Crippen molar-refractivity contribution in [1.82, 2.24) is 0 Å². The lowest BCUT2D eigenvalue weighted by molar-refractivity contribution is 0.0969. The molecule has 0 bridgehead atoms. The van der Waals surface area contributed by atoms with Crippen LogP contribution in [0.4, 0.5) is 0 Å². The maximum atomic E-state index is 13.7. The van der Waals surface area contributed by atoms with Gasteiger partial charge in [-0.1, -0.05) is 58.9 Å². The maximum Gasteiger partial charge on any atom is 0.199 e. The molecule has 1 aliphatic rings. The smallest absolute Gasteiger partial charge is 0.199 e. The molecular weight excluding hydrogens is 464 g/mol. The maximum absolute atomic E-state index is 13.7. The van der Waals surface area contributed by atoms with E-state index >= 15 is 0 Å². The van der Waals surface area contributed by atoms with E-state index in [1.807, 2.05) is 74.5 Å². The lowest BCUT2D eigenvalue weighted by Gasteiger charge is -2.23. The minimum Gasteiger partial charge on any atom is -0.507 e. The summed E-state index contributed by atoms with van der Waals surface area (Å²) in [7, 11) is 0. The molecule has 5 rings (SSSR count). The van der Waals surface area contributed by atoms with Crippen molar-refractivity contribution in [2.75, 3.05) is 0 Å². The summed E-state index contributed by atoms with van der Waals surface area (Å²) in [4.78, 5) is 30.5. The zero-order valence-corrected chi connectivity index (χ0v) is 20.1. The highest BCUT2D eigenvalue weighted by Crippen LogP contribution is 2.46. The van der Waals surface area contributed by atoms with Crippen molar-refractivity contribution in [2.24, 2.45) is 0 Å². The molecule has 0 aromatic heterocycles. The molecule has 0 spiro atoms. The Bertz CT molecular complexity index is 1470. The highest BCUT2D eigenvalue weighted by molar-refractivity contribution is 8.00. The van der Waals surface area contributed by atoms with Crippen LogP contribution in [0.25, 0.3) is 0 Å². The van der Waals surface area contributed by atoms with Gasteiger partial charge < -0.3 is 10.2 Å². The SMILES string of the molecule is Cc1ccc(Sc2ccc(Sc3cccc(C)c3)c3c2C(=O)c2c(O)ccc(O)c2C3=O)cc1. The Balaban J connectivity index is 1.71. The molecule has 4 aromatic carbocycles. The zero-order chi connectivity index (χ0) is 24.0. The Kier molecular flexibility index (Phi) is 5.71. The molecule has 0 saturated carbocycles. The van der Waals surface area contributed by atoms with E-state index in [-0.39, 0.29) is 33.8 Å². The number of phenolic OH excluding ortho intramolecular Hbond substituents is 2. The Hall–Kier alpha value is -3.48. The monoisotopic (exact) mass is 484 g/mol. The minimum absolute atomic E-state index is 0.152. The van der Waals surface area contributed by atoms with E-state index in [1.165, 1.54) is 35.7 Å². The van der Waals surface area contributed by atoms with Crippen LogP contribution in [0.2, 0.25) is 0 Å². The van der Waals surface area contributed by atoms with Gasteiger partial charge in [0.05, 0.1) is 11.1 Å². The number of hydrogen-bond acceptors (Lipinski definition) is 6. The second-order valence-corrected chi connectivity index (χ2v) is 10.4. The number of benzene rings is 4. The third-order valence-electron chi connectivity index (χ3n) is 5.66. The van der Waals surface area contributed by atoms with Crippen molar-refractivity contribution < 1.29 is 19.8 Å². The molecule has 0 unspecified atom stereocenters. The lowest BCUT2D eigenvalue weighted by atomic mass is 9.83. The Morgan fingerprint density at radius 3 is 1.62 bits per heavy atom. The van der Waals surface area contributed by atoms with Crippen molar-refractivity contribution in [2.45, 2.75) is 33.4 Å². The predicted molar refractivity (Wildman–Crippen MR) is 134 cm³/mol. The fraction of sp³-hybridized carbons (Fsp3) is 0.0714. The fourth-order valence-electron chi connectivity index (χ4n) is 4.01. The Morgan fingerprint density at radius 2 is 1.09 bits per heavy atom. The van der Waals surface area contributed by atoms with E-state index in [4.69, 9.17) is 0 Å². The normalized spacial score (nSPS) is 12.4. The van der Waals surface area contributed by atoms with Crippen molar-refractivity contribution in [1.29, 1.82) is 0 Å². The zero-order valence-electron chi connectivity index (χ0n) is 18.5. The van der Waals surface area contributed by atoms with Crippen molar-refractivity contribution in [3.05, 3.63) is 106 Å². The van der Waals surface area contributed by atoms with Crippen LogP contribution < -0.4 is 0 Å². The molecule has 2 N–H and O–H groups in total. The molecule has 0 aliphatic heterocycles. The molecular formula is C28H20O4S2. The number of fused-ring (bicyclic) bond motifs is 2. The van der Waals surface area contributed by atoms with Gasteiger partial charge in [0.15, 0.2) is 11.6 Å². The van der Waals surface area contributed by atoms with Gasteiger partial charge >= 0.3 is 0 Å². The summed E-state index contributed by atoms with van der Waals surface area (Å²) in [6, 6.07) is 22.0. The van der Waals surface area contributed by atoms with E-state index in [2.05, 4.69) is 0 Å². The Labute approximate surface area is 205 Å². The number of carbonyl (C=O) groups excluding carboxylic acids is 2. The number of aromatic hydroxyl groups is 2. The number of rotatable bonds is 4. The third kappa shape index (κ3) is 3.89. The van der Waals surface area contributed by atoms with Crippen LogP contribution in [0.15, 0.2) is 92.4 Å². The van der Waals surface area contributed by atoms with E-state index in [1.54, 1.807) is 0 Å². The molecule has 0 saturated heterocycles. The van der Waals surface area contributed by atoms with E-state index in [0.717, 1.165) is 20.9 Å². The van der Waals surface area contributed by atoms with Crippen LogP contribution in [0.5, 0.6) is 11.5 Å². The third-order valence-corrected chi connectivity index (χ3v) is 7.78. The van der Waals surface area contributed by atoms with E-state index in [0.29, 0.717) is 9.79 Å². The topological polar surface area (TPSA) is 74.6 Å². The second kappa shape index (κ2) is 8.70. The lowest BCUT2D eigenvalue weighted by Crippen LogP contribution is -2.23. The van der Waals surface area contributed by atoms with Gasteiger partial charge in [-0.25, -0.2) is 0 Å². The highest BCUT2D eigenvalue weighted by Gasteiger charge is 2.38. The summed E-state index contributed by atoms with van der Waals surface area (Å²) in [6.07, 6.45) is 0. The van der Waals surface area contributed by atoms with Crippen LogP contribution in [-0.2, 0) is 0 Å². The van der Waals surface area contributed by atoms with Crippen molar-refractivity contribution in [3.63, 3.8) is 0 Å². The molecule has 4 nitrogen and oxygen atoms in total. The van der Waals surface area contributed by atoms with Gasteiger partial charge in [-0.2, -0.15) is 0 Å². The van der Waals surface area contributed by atoms with Crippen LogP contribution in [-0.4, -0.2) is 21.8 Å². The van der Waals surface area contributed by atoms with Crippen LogP contribution in [0.3, 0.4) is 0 Å². The largest absolute Gasteiger partial charge is 0.507 e. The van der Waals surface area contributed by atoms with Crippen LogP contribution in [0, 0.1) is 13.8 Å². The average Bonchev–Trinajstić information content (AvgIpc) is 2.81. The average molecular weight is 485 g/mol. The van der Waals surface area contributed by atoms with Crippen LogP contribution >= 0.6 is 23.5 Å². The molecule has 6 heteroatoms. The van der Waals surface area contributed by atoms with Gasteiger partial charge in [-0.15, -0.1) is 0 Å². The molecule has 4 aromatic rings. The number of hydrogen-bond donors (Lipinski definition) is 2. The minimum atomic E-state index is -0.473. The van der Waals surface area contributed by atoms with Gasteiger partial charge in [0.1, 0.15) is 11.5 Å². The van der Waals surface area contributed by atoms with Crippen LogP contribution in [0.1, 0.15) is 43.0 Å². The van der Waals surface area contributed by atoms with Gasteiger partial charge in [-0.3, -0.25) is 9.59 Å². The van der Waals surface area contributed by atoms with Gasteiger partial charge in [0.2, 0.25) is 0 Å². The quantitative estimate of drug-likeness (QED) is 0.274. The summed E-state index contributed by atoms with van der Waals surface area (Å²) in [5.41, 5.74) is 2.41. The van der Waals surface area contributed by atoms with Gasteiger partial charge in [0.25, 0.3) is 0 Å². The predicted octanol–water partition coefficient (Wildman–Crippen LogP) is 6.79. The molecule has 0 atom stereocenters. The fourth-order valence-corrected chi connectivity index (χ4v) is 6.05. The standard InChI is InChI=1S/C28H20O4S2/c1-15-6-8-17(9-7-15)33-21-12-13-22(34-18-5-3-4-16(2)14-18)26-25(21)27(31)23-19(29)10-11-20(30)24(23)28(26)32/h3-14,29-30H,1-2H3. The molecule has 34 heavy (non-hydrogen) atoms. The molecule has 0 radical (unpaired) electrons. The Morgan fingerprint density at radius 1 is 0.559 bits per heavy atom. The first-order valence-corrected chi connectivity index (χ1v) is 12.3. The summed E-state index contributed by atoms with van der Waals surface area (Å²) in [6.45, 7) is 3.99. The van der Waals surface area contributed by atoms with Gasteiger partial charge in [-0.05, 0) is 62.4 Å². The number of carbonyl (C=O) groups is 2. The van der Waals surface area contributed by atoms with E-state index < -0.39 is 11.6 Å². The molecule has 0 heterocycles. The number of ketones is 2. The molecule has 1 aliphatic carbocycles. The van der Waals surface area contributed by atoms with Gasteiger partial charge in [0, 0.05) is 30.7 Å². The summed E-state index contributed by atoms with van der Waals surface area (Å²) >= 11 is 2.79. The summed E-state index contributed by atoms with van der Waals surface area (Å²) < 4.78 is 0. The first-order valence-electron chi connectivity index (χ1n) is 10.6. The van der Waals surface area contributed by atoms with Crippen molar-refractivity contribution in [3.8, 4) is 11.5 Å². The number of aryl methyl sites for hydroxylation is 2. The van der Waals surface area contributed by atoms with Crippen molar-refractivity contribution >= 4 is 35.1 Å². The summed E-state index contributed by atoms with van der Waals surface area (Å²) in [5.74, 6) is -1.58. The first kappa shape index (κ1) is 22.3. The molecule has 0 amide bonds. The van der Waals surface area contributed by atoms with E-state index in [9.17, 15) is 19.8 Å². The number of phenols is 2. The molecule has 168 valence electrons.